The zero-order valence-electron chi connectivity index (χ0n) is 11.6. The van der Waals surface area contributed by atoms with Crippen LogP contribution in [0.4, 0.5) is 5.69 Å². The first kappa shape index (κ1) is 14.0. The van der Waals surface area contributed by atoms with Crippen molar-refractivity contribution in [2.45, 2.75) is 12.5 Å². The number of rotatable bonds is 4. The van der Waals surface area contributed by atoms with Crippen molar-refractivity contribution in [3.8, 4) is 11.5 Å². The summed E-state index contributed by atoms with van der Waals surface area (Å²) in [5.74, 6) is 1.43. The summed E-state index contributed by atoms with van der Waals surface area (Å²) in [6.07, 6.45) is 0. The fourth-order valence-corrected chi connectivity index (χ4v) is 2.42. The maximum Gasteiger partial charge on any atom is 0.231 e. The molecule has 0 aliphatic carbocycles. The van der Waals surface area contributed by atoms with E-state index in [4.69, 9.17) is 21.1 Å². The van der Waals surface area contributed by atoms with Gasteiger partial charge in [0.15, 0.2) is 11.5 Å². The van der Waals surface area contributed by atoms with Crippen LogP contribution in [-0.2, 0) is 5.54 Å². The van der Waals surface area contributed by atoms with Crippen molar-refractivity contribution in [3.63, 3.8) is 0 Å². The van der Waals surface area contributed by atoms with E-state index in [1.807, 2.05) is 37.3 Å². The van der Waals surface area contributed by atoms with E-state index in [-0.39, 0.29) is 13.4 Å². The van der Waals surface area contributed by atoms with Crippen molar-refractivity contribution in [2.75, 3.05) is 18.7 Å². The fourth-order valence-electron chi connectivity index (χ4n) is 2.29. The lowest BCUT2D eigenvalue weighted by molar-refractivity contribution is 0.173. The van der Waals surface area contributed by atoms with E-state index >= 15 is 0 Å². The second kappa shape index (κ2) is 5.47. The molecule has 21 heavy (non-hydrogen) atoms. The van der Waals surface area contributed by atoms with Crippen molar-refractivity contribution in [2.24, 2.45) is 0 Å². The summed E-state index contributed by atoms with van der Waals surface area (Å²) in [5.41, 5.74) is 1.17. The minimum Gasteiger partial charge on any atom is -0.454 e. The van der Waals surface area contributed by atoms with E-state index < -0.39 is 5.54 Å². The highest BCUT2D eigenvalue weighted by atomic mass is 35.5. The van der Waals surface area contributed by atoms with Crippen LogP contribution in [-0.4, -0.2) is 18.5 Å². The Kier molecular flexibility index (Phi) is 3.66. The number of aliphatic hydroxyl groups excluding tert-OH is 1. The quantitative estimate of drug-likeness (QED) is 0.909. The van der Waals surface area contributed by atoms with Crippen molar-refractivity contribution >= 4 is 17.3 Å². The maximum absolute atomic E-state index is 9.84. The molecule has 0 bridgehead atoms. The number of hydrogen-bond acceptors (Lipinski definition) is 4. The molecule has 1 aliphatic rings. The summed E-state index contributed by atoms with van der Waals surface area (Å²) in [6.45, 7) is 2.10. The maximum atomic E-state index is 9.84. The van der Waals surface area contributed by atoms with Crippen LogP contribution in [0.5, 0.6) is 11.5 Å². The molecule has 0 aromatic heterocycles. The summed E-state index contributed by atoms with van der Waals surface area (Å²) in [4.78, 5) is 0. The van der Waals surface area contributed by atoms with Gasteiger partial charge in [-0.15, -0.1) is 0 Å². The molecule has 0 fully saturated rings. The predicted molar refractivity (Wildman–Crippen MR) is 82.1 cm³/mol. The van der Waals surface area contributed by atoms with Crippen LogP contribution in [0.2, 0.25) is 5.02 Å². The number of halogens is 1. The Morgan fingerprint density at radius 2 is 1.86 bits per heavy atom. The molecule has 4 nitrogen and oxygen atoms in total. The van der Waals surface area contributed by atoms with Crippen LogP contribution < -0.4 is 14.8 Å². The number of nitrogens with one attached hydrogen (secondary N) is 1. The van der Waals surface area contributed by atoms with Crippen molar-refractivity contribution in [1.29, 1.82) is 0 Å². The van der Waals surface area contributed by atoms with Gasteiger partial charge in [0, 0.05) is 10.7 Å². The Morgan fingerprint density at radius 1 is 1.14 bits per heavy atom. The molecule has 1 atom stereocenters. The van der Waals surface area contributed by atoms with E-state index in [2.05, 4.69) is 5.32 Å². The van der Waals surface area contributed by atoms with E-state index in [9.17, 15) is 5.11 Å². The van der Waals surface area contributed by atoms with E-state index in [1.54, 1.807) is 12.1 Å². The minimum absolute atomic E-state index is 0.0602. The highest BCUT2D eigenvalue weighted by Crippen LogP contribution is 2.36. The number of anilines is 1. The normalized spacial score (nSPS) is 15.6. The largest absolute Gasteiger partial charge is 0.454 e. The molecule has 2 aromatic rings. The van der Waals surface area contributed by atoms with E-state index in [1.165, 1.54) is 0 Å². The van der Waals surface area contributed by atoms with E-state index in [0.717, 1.165) is 17.0 Å². The van der Waals surface area contributed by atoms with Gasteiger partial charge in [-0.25, -0.2) is 0 Å². The lowest BCUT2D eigenvalue weighted by Gasteiger charge is -2.30. The van der Waals surface area contributed by atoms with Gasteiger partial charge in [-0.3, -0.25) is 0 Å². The zero-order chi connectivity index (χ0) is 14.9. The van der Waals surface area contributed by atoms with Crippen molar-refractivity contribution in [3.05, 3.63) is 53.1 Å². The topological polar surface area (TPSA) is 50.7 Å². The standard InChI is InChI=1S/C16H16ClNO3/c1-16(9-19,18-13-5-3-12(17)4-6-13)11-2-7-14-15(8-11)21-10-20-14/h2-8,18-19H,9-10H2,1H3. The number of aliphatic hydroxyl groups is 1. The number of hydrogen-bond donors (Lipinski definition) is 2. The van der Waals surface area contributed by atoms with Crippen LogP contribution in [0.15, 0.2) is 42.5 Å². The molecular formula is C16H16ClNO3. The SMILES string of the molecule is CC(CO)(Nc1ccc(Cl)cc1)c1ccc2c(c1)OCO2. The van der Waals surface area contributed by atoms with Gasteiger partial charge in [0.2, 0.25) is 6.79 Å². The summed E-state index contributed by atoms with van der Waals surface area (Å²) in [7, 11) is 0. The number of ether oxygens (including phenoxy) is 2. The van der Waals surface area contributed by atoms with Crippen molar-refractivity contribution in [1.82, 2.24) is 0 Å². The molecule has 2 aromatic carbocycles. The summed E-state index contributed by atoms with van der Waals surface area (Å²) in [5, 5.41) is 13.9. The van der Waals surface area contributed by atoms with Gasteiger partial charge in [-0.2, -0.15) is 0 Å². The van der Waals surface area contributed by atoms with Gasteiger partial charge in [0.25, 0.3) is 0 Å². The summed E-state index contributed by atoms with van der Waals surface area (Å²) in [6, 6.07) is 13.0. The van der Waals surface area contributed by atoms with Crippen LogP contribution in [0, 0.1) is 0 Å². The lowest BCUT2D eigenvalue weighted by atomic mass is 9.92. The van der Waals surface area contributed by atoms with Crippen LogP contribution >= 0.6 is 11.6 Å². The van der Waals surface area contributed by atoms with Gasteiger partial charge in [-0.1, -0.05) is 17.7 Å². The first-order valence-electron chi connectivity index (χ1n) is 6.65. The predicted octanol–water partition coefficient (Wildman–Crippen LogP) is 3.39. The monoisotopic (exact) mass is 305 g/mol. The molecule has 0 radical (unpaired) electrons. The molecule has 1 aliphatic heterocycles. The highest BCUT2D eigenvalue weighted by Gasteiger charge is 2.28. The molecule has 1 heterocycles. The summed E-state index contributed by atoms with van der Waals surface area (Å²) < 4.78 is 10.7. The second-order valence-electron chi connectivity index (χ2n) is 5.19. The van der Waals surface area contributed by atoms with Gasteiger partial charge in [-0.05, 0) is 48.9 Å². The molecule has 0 spiro atoms. The Bertz CT molecular complexity index is 644. The third-order valence-corrected chi connectivity index (χ3v) is 3.84. The zero-order valence-corrected chi connectivity index (χ0v) is 12.4. The average Bonchev–Trinajstić information content (AvgIpc) is 2.97. The smallest absolute Gasteiger partial charge is 0.231 e. The molecule has 3 rings (SSSR count). The number of benzene rings is 2. The second-order valence-corrected chi connectivity index (χ2v) is 5.63. The van der Waals surface area contributed by atoms with Crippen LogP contribution in [0.25, 0.3) is 0 Å². The summed E-state index contributed by atoms with van der Waals surface area (Å²) >= 11 is 5.89. The minimum atomic E-state index is -0.630. The molecule has 1 unspecified atom stereocenters. The van der Waals surface area contributed by atoms with Crippen LogP contribution in [0.3, 0.4) is 0 Å². The molecule has 2 N–H and O–H groups in total. The Balaban J connectivity index is 1.90. The Labute approximate surface area is 128 Å². The highest BCUT2D eigenvalue weighted by molar-refractivity contribution is 6.30. The molecule has 0 saturated heterocycles. The number of fused-ring (bicyclic) bond motifs is 1. The van der Waals surface area contributed by atoms with Gasteiger partial charge in [0.05, 0.1) is 12.1 Å². The van der Waals surface area contributed by atoms with Crippen LogP contribution in [0.1, 0.15) is 12.5 Å². The lowest BCUT2D eigenvalue weighted by Crippen LogP contribution is -2.35. The third-order valence-electron chi connectivity index (χ3n) is 3.59. The third kappa shape index (κ3) is 2.77. The molecular weight excluding hydrogens is 290 g/mol. The molecule has 5 heteroatoms. The molecule has 0 saturated carbocycles. The van der Waals surface area contributed by atoms with Gasteiger partial charge in [0.1, 0.15) is 0 Å². The van der Waals surface area contributed by atoms with Gasteiger partial charge < -0.3 is 19.9 Å². The first-order chi connectivity index (χ1) is 10.1. The first-order valence-corrected chi connectivity index (χ1v) is 7.03. The van der Waals surface area contributed by atoms with Gasteiger partial charge >= 0.3 is 0 Å². The Hall–Kier alpha value is -1.91. The molecule has 0 amide bonds. The molecule has 110 valence electrons. The average molecular weight is 306 g/mol. The fraction of sp³-hybridized carbons (Fsp3) is 0.250. The van der Waals surface area contributed by atoms with Crippen molar-refractivity contribution < 1.29 is 14.6 Å². The Morgan fingerprint density at radius 3 is 2.57 bits per heavy atom. The van der Waals surface area contributed by atoms with E-state index in [0.29, 0.717) is 10.8 Å².